The van der Waals surface area contributed by atoms with Crippen molar-refractivity contribution in [3.05, 3.63) is 59.8 Å². The molecule has 1 fully saturated rings. The van der Waals surface area contributed by atoms with Crippen LogP contribution in [0.1, 0.15) is 42.1 Å². The summed E-state index contributed by atoms with van der Waals surface area (Å²) in [6.45, 7) is 7.05. The average Bonchev–Trinajstić information content (AvgIpc) is 2.74. The number of piperazine rings is 1. The first-order valence-corrected chi connectivity index (χ1v) is 9.79. The van der Waals surface area contributed by atoms with Gasteiger partial charge in [-0.05, 0) is 30.5 Å². The molecule has 1 aromatic carbocycles. The lowest BCUT2D eigenvalue weighted by molar-refractivity contribution is -0.131. The highest BCUT2D eigenvalue weighted by Gasteiger charge is 2.23. The van der Waals surface area contributed by atoms with Crippen molar-refractivity contribution >= 4 is 17.7 Å². The molecule has 0 aliphatic carbocycles. The third-order valence-electron chi connectivity index (χ3n) is 5.06. The molecule has 28 heavy (non-hydrogen) atoms. The number of carbonyl (C=O) groups excluding carboxylic acids is 2. The maximum Gasteiger partial charge on any atom is 0.339 e. The van der Waals surface area contributed by atoms with E-state index in [0.29, 0.717) is 31.7 Å². The number of hydrogen-bond donors (Lipinski definition) is 0. The molecule has 0 radical (unpaired) electrons. The summed E-state index contributed by atoms with van der Waals surface area (Å²) in [5, 5.41) is 0. The van der Waals surface area contributed by atoms with Gasteiger partial charge in [0.1, 0.15) is 5.82 Å². The maximum absolute atomic E-state index is 12.6. The summed E-state index contributed by atoms with van der Waals surface area (Å²) in [6, 6.07) is 13.7. The Morgan fingerprint density at radius 1 is 1.07 bits per heavy atom. The van der Waals surface area contributed by atoms with E-state index in [4.69, 9.17) is 4.74 Å². The van der Waals surface area contributed by atoms with E-state index in [2.05, 4.69) is 28.9 Å². The molecule has 1 aliphatic heterocycles. The monoisotopic (exact) mass is 381 g/mol. The van der Waals surface area contributed by atoms with Gasteiger partial charge < -0.3 is 14.5 Å². The average molecular weight is 381 g/mol. The molecule has 6 heteroatoms. The Kier molecular flexibility index (Phi) is 6.63. The summed E-state index contributed by atoms with van der Waals surface area (Å²) >= 11 is 0. The smallest absolute Gasteiger partial charge is 0.339 e. The summed E-state index contributed by atoms with van der Waals surface area (Å²) in [4.78, 5) is 32.8. The van der Waals surface area contributed by atoms with E-state index in [9.17, 15) is 9.59 Å². The fourth-order valence-corrected chi connectivity index (χ4v) is 3.38. The van der Waals surface area contributed by atoms with Crippen LogP contribution in [-0.2, 0) is 9.53 Å². The van der Waals surface area contributed by atoms with E-state index >= 15 is 0 Å². The normalized spacial score (nSPS) is 15.2. The summed E-state index contributed by atoms with van der Waals surface area (Å²) in [6.07, 6.45) is 2.07. The van der Waals surface area contributed by atoms with Crippen molar-refractivity contribution in [1.82, 2.24) is 9.88 Å². The van der Waals surface area contributed by atoms with E-state index in [-0.39, 0.29) is 17.8 Å². The summed E-state index contributed by atoms with van der Waals surface area (Å²) in [5.41, 5.74) is 1.65. The molecular weight excluding hydrogens is 354 g/mol. The number of esters is 1. The number of hydrogen-bond acceptors (Lipinski definition) is 5. The highest BCUT2D eigenvalue weighted by atomic mass is 16.5. The summed E-state index contributed by atoms with van der Waals surface area (Å²) in [5.74, 6) is 0.868. The lowest BCUT2D eigenvalue weighted by Gasteiger charge is -2.36. The van der Waals surface area contributed by atoms with Crippen LogP contribution in [0.25, 0.3) is 0 Å². The van der Waals surface area contributed by atoms with E-state index in [0.717, 1.165) is 18.9 Å². The lowest BCUT2D eigenvalue weighted by atomic mass is 9.97. The number of anilines is 1. The molecule has 6 nitrogen and oxygen atoms in total. The van der Waals surface area contributed by atoms with E-state index in [1.165, 1.54) is 5.56 Å². The van der Waals surface area contributed by atoms with Crippen molar-refractivity contribution in [2.45, 2.75) is 26.2 Å². The van der Waals surface area contributed by atoms with Crippen LogP contribution < -0.4 is 4.90 Å². The van der Waals surface area contributed by atoms with Crippen molar-refractivity contribution in [2.75, 3.05) is 37.7 Å². The van der Waals surface area contributed by atoms with Gasteiger partial charge in [-0.3, -0.25) is 4.79 Å². The number of carbonyl (C=O) groups is 2. The zero-order chi connectivity index (χ0) is 19.9. The largest absolute Gasteiger partial charge is 0.462 e. The highest BCUT2D eigenvalue weighted by Crippen LogP contribution is 2.21. The molecule has 0 spiro atoms. The van der Waals surface area contributed by atoms with Gasteiger partial charge in [-0.1, -0.05) is 37.3 Å². The van der Waals surface area contributed by atoms with Crippen LogP contribution in [0, 0.1) is 0 Å². The molecule has 1 saturated heterocycles. The van der Waals surface area contributed by atoms with Gasteiger partial charge in [0.2, 0.25) is 5.91 Å². The fraction of sp³-hybridized carbons (Fsp3) is 0.409. The van der Waals surface area contributed by atoms with Crippen LogP contribution in [0.3, 0.4) is 0 Å². The van der Waals surface area contributed by atoms with Crippen LogP contribution >= 0.6 is 0 Å². The van der Waals surface area contributed by atoms with Gasteiger partial charge in [-0.25, -0.2) is 9.78 Å². The van der Waals surface area contributed by atoms with Gasteiger partial charge in [0.25, 0.3) is 0 Å². The van der Waals surface area contributed by atoms with Gasteiger partial charge in [0.15, 0.2) is 0 Å². The quantitative estimate of drug-likeness (QED) is 0.720. The van der Waals surface area contributed by atoms with Crippen LogP contribution in [0.2, 0.25) is 0 Å². The van der Waals surface area contributed by atoms with Crippen LogP contribution in [0.4, 0.5) is 5.82 Å². The highest BCUT2D eigenvalue weighted by molar-refractivity contribution is 5.89. The Labute approximate surface area is 166 Å². The Morgan fingerprint density at radius 3 is 2.39 bits per heavy atom. The second-order valence-corrected chi connectivity index (χ2v) is 7.01. The molecule has 1 atom stereocenters. The number of amides is 1. The first kappa shape index (κ1) is 19.9. The fourth-order valence-electron chi connectivity index (χ4n) is 3.38. The number of rotatable bonds is 6. The van der Waals surface area contributed by atoms with Crippen molar-refractivity contribution in [1.29, 1.82) is 0 Å². The number of nitrogens with zero attached hydrogens (tertiary/aromatic N) is 3. The minimum Gasteiger partial charge on any atom is -0.462 e. The van der Waals surface area contributed by atoms with Gasteiger partial charge in [-0.2, -0.15) is 0 Å². The Balaban J connectivity index is 1.51. The standard InChI is InChI=1S/C22H27N3O3/c1-3-28-22(27)19-9-10-20(23-16-19)24-11-13-25(14-12-24)21(26)15-17(2)18-7-5-4-6-8-18/h4-10,16-17H,3,11-15H2,1-2H3. The topological polar surface area (TPSA) is 62.7 Å². The Hall–Kier alpha value is -2.89. The van der Waals surface area contributed by atoms with Crippen molar-refractivity contribution < 1.29 is 14.3 Å². The first-order valence-electron chi connectivity index (χ1n) is 9.79. The van der Waals surface area contributed by atoms with Crippen molar-refractivity contribution in [2.24, 2.45) is 0 Å². The first-order chi connectivity index (χ1) is 13.6. The predicted octanol–water partition coefficient (Wildman–Crippen LogP) is 3.10. The van der Waals surface area contributed by atoms with Crippen molar-refractivity contribution in [3.8, 4) is 0 Å². The number of pyridine rings is 1. The summed E-state index contributed by atoms with van der Waals surface area (Å²) < 4.78 is 4.98. The summed E-state index contributed by atoms with van der Waals surface area (Å²) in [7, 11) is 0. The van der Waals surface area contributed by atoms with Gasteiger partial charge in [-0.15, -0.1) is 0 Å². The van der Waals surface area contributed by atoms with Gasteiger partial charge in [0, 0.05) is 38.8 Å². The predicted molar refractivity (Wildman–Crippen MR) is 108 cm³/mol. The molecule has 1 amide bonds. The number of ether oxygens (including phenoxy) is 1. The molecule has 2 aromatic rings. The van der Waals surface area contributed by atoms with Crippen molar-refractivity contribution in [3.63, 3.8) is 0 Å². The molecule has 1 unspecified atom stereocenters. The SMILES string of the molecule is CCOC(=O)c1ccc(N2CCN(C(=O)CC(C)c3ccccc3)CC2)nc1. The molecule has 148 valence electrons. The molecule has 1 aliphatic rings. The minimum atomic E-state index is -0.357. The third kappa shape index (κ3) is 4.88. The second-order valence-electron chi connectivity index (χ2n) is 7.01. The molecule has 0 N–H and O–H groups in total. The number of aromatic nitrogens is 1. The van der Waals surface area contributed by atoms with Crippen LogP contribution in [-0.4, -0.2) is 54.5 Å². The molecule has 1 aromatic heterocycles. The zero-order valence-electron chi connectivity index (χ0n) is 16.5. The molecule has 0 saturated carbocycles. The van der Waals surface area contributed by atoms with Gasteiger partial charge in [0.05, 0.1) is 12.2 Å². The second kappa shape index (κ2) is 9.35. The van der Waals surface area contributed by atoms with E-state index in [1.54, 1.807) is 19.2 Å². The molecular formula is C22H27N3O3. The van der Waals surface area contributed by atoms with Crippen LogP contribution in [0.5, 0.6) is 0 Å². The van der Waals surface area contributed by atoms with E-state index < -0.39 is 0 Å². The molecule has 2 heterocycles. The maximum atomic E-state index is 12.6. The number of benzene rings is 1. The van der Waals surface area contributed by atoms with Crippen LogP contribution in [0.15, 0.2) is 48.7 Å². The zero-order valence-corrected chi connectivity index (χ0v) is 16.5. The molecule has 0 bridgehead atoms. The van der Waals surface area contributed by atoms with Gasteiger partial charge >= 0.3 is 5.97 Å². The Bertz CT molecular complexity index is 784. The van der Waals surface area contributed by atoms with E-state index in [1.807, 2.05) is 29.2 Å². The Morgan fingerprint density at radius 2 is 1.79 bits per heavy atom. The third-order valence-corrected chi connectivity index (χ3v) is 5.06. The minimum absolute atomic E-state index is 0.196. The lowest BCUT2D eigenvalue weighted by Crippen LogP contribution is -2.49. The molecule has 3 rings (SSSR count).